The van der Waals surface area contributed by atoms with E-state index in [1.807, 2.05) is 0 Å². The molecule has 0 aromatic heterocycles. The second-order valence-corrected chi connectivity index (χ2v) is 4.74. The summed E-state index contributed by atoms with van der Waals surface area (Å²) in [5, 5.41) is 2.93. The van der Waals surface area contributed by atoms with Crippen molar-refractivity contribution < 1.29 is 9.53 Å². The van der Waals surface area contributed by atoms with Gasteiger partial charge >= 0.3 is 6.09 Å². The summed E-state index contributed by atoms with van der Waals surface area (Å²) >= 11 is 0. The van der Waals surface area contributed by atoms with E-state index in [2.05, 4.69) is 5.32 Å². The van der Waals surface area contributed by atoms with Crippen molar-refractivity contribution in [3.8, 4) is 0 Å². The first kappa shape index (κ1) is 10.7. The molecule has 0 bridgehead atoms. The van der Waals surface area contributed by atoms with E-state index in [-0.39, 0.29) is 18.2 Å². The Kier molecular flexibility index (Phi) is 3.46. The number of rotatable bonds is 2. The molecule has 15 heavy (non-hydrogen) atoms. The lowest BCUT2D eigenvalue weighted by Crippen LogP contribution is -2.46. The molecule has 0 unspecified atom stereocenters. The highest BCUT2D eigenvalue weighted by Gasteiger charge is 2.29. The van der Waals surface area contributed by atoms with Crippen LogP contribution in [0.2, 0.25) is 0 Å². The lowest BCUT2D eigenvalue weighted by molar-refractivity contribution is 0.0386. The summed E-state index contributed by atoms with van der Waals surface area (Å²) < 4.78 is 5.23. The van der Waals surface area contributed by atoms with Crippen LogP contribution in [0.25, 0.3) is 0 Å². The van der Waals surface area contributed by atoms with Crippen LogP contribution in [0.1, 0.15) is 44.9 Å². The molecule has 2 fully saturated rings. The zero-order chi connectivity index (χ0) is 10.7. The van der Waals surface area contributed by atoms with E-state index in [1.165, 1.54) is 19.3 Å². The Labute approximate surface area is 90.5 Å². The summed E-state index contributed by atoms with van der Waals surface area (Å²) in [5.41, 5.74) is 5.62. The zero-order valence-corrected chi connectivity index (χ0v) is 9.08. The van der Waals surface area contributed by atoms with Crippen LogP contribution in [-0.2, 0) is 4.74 Å². The van der Waals surface area contributed by atoms with Crippen LogP contribution < -0.4 is 11.1 Å². The Balaban J connectivity index is 1.63. The molecule has 0 radical (unpaired) electrons. The number of alkyl carbamates (subject to hydrolysis) is 1. The van der Waals surface area contributed by atoms with Crippen molar-refractivity contribution in [2.75, 3.05) is 0 Å². The fourth-order valence-electron chi connectivity index (χ4n) is 2.30. The molecule has 2 saturated carbocycles. The number of carbonyl (C=O) groups excluding carboxylic acids is 1. The molecule has 2 aliphatic carbocycles. The molecule has 0 aromatic rings. The van der Waals surface area contributed by atoms with Crippen molar-refractivity contribution in [3.63, 3.8) is 0 Å². The molecule has 2 rings (SSSR count). The molecule has 0 aliphatic heterocycles. The number of carbonyl (C=O) groups is 1. The highest BCUT2D eigenvalue weighted by molar-refractivity contribution is 5.67. The molecule has 0 atom stereocenters. The SMILES string of the molecule is NC1CC(OC(=O)NC2CCCCC2)C1. The van der Waals surface area contributed by atoms with Gasteiger partial charge in [-0.3, -0.25) is 0 Å². The third kappa shape index (κ3) is 3.09. The van der Waals surface area contributed by atoms with Crippen LogP contribution in [0.15, 0.2) is 0 Å². The maximum Gasteiger partial charge on any atom is 0.407 e. The highest BCUT2D eigenvalue weighted by atomic mass is 16.6. The van der Waals surface area contributed by atoms with E-state index in [0.717, 1.165) is 25.7 Å². The Bertz CT molecular complexity index is 221. The van der Waals surface area contributed by atoms with Crippen molar-refractivity contribution in [2.45, 2.75) is 63.1 Å². The van der Waals surface area contributed by atoms with Crippen molar-refractivity contribution in [1.82, 2.24) is 5.32 Å². The predicted molar refractivity (Wildman–Crippen MR) is 57.5 cm³/mol. The smallest absolute Gasteiger partial charge is 0.407 e. The Hall–Kier alpha value is -0.770. The van der Waals surface area contributed by atoms with Crippen LogP contribution in [-0.4, -0.2) is 24.3 Å². The highest BCUT2D eigenvalue weighted by Crippen LogP contribution is 2.22. The van der Waals surface area contributed by atoms with E-state index in [1.54, 1.807) is 0 Å². The Morgan fingerprint density at radius 3 is 2.47 bits per heavy atom. The van der Waals surface area contributed by atoms with Gasteiger partial charge in [0, 0.05) is 12.1 Å². The first-order chi connectivity index (χ1) is 7.24. The second kappa shape index (κ2) is 4.84. The van der Waals surface area contributed by atoms with Crippen LogP contribution in [0.3, 0.4) is 0 Å². The van der Waals surface area contributed by atoms with Gasteiger partial charge in [0.25, 0.3) is 0 Å². The van der Waals surface area contributed by atoms with Crippen LogP contribution in [0, 0.1) is 0 Å². The molecule has 0 heterocycles. The summed E-state index contributed by atoms with van der Waals surface area (Å²) in [6.45, 7) is 0. The van der Waals surface area contributed by atoms with E-state index in [4.69, 9.17) is 10.5 Å². The lowest BCUT2D eigenvalue weighted by atomic mass is 9.90. The van der Waals surface area contributed by atoms with Crippen LogP contribution >= 0.6 is 0 Å². The molecule has 4 heteroatoms. The summed E-state index contributed by atoms with van der Waals surface area (Å²) in [4.78, 5) is 11.4. The molecule has 0 aromatic carbocycles. The molecule has 0 saturated heterocycles. The number of ether oxygens (including phenoxy) is 1. The van der Waals surface area contributed by atoms with Gasteiger partial charge in [-0.2, -0.15) is 0 Å². The summed E-state index contributed by atoms with van der Waals surface area (Å²) in [7, 11) is 0. The third-order valence-electron chi connectivity index (χ3n) is 3.33. The molecule has 0 spiro atoms. The van der Waals surface area contributed by atoms with E-state index in [9.17, 15) is 4.79 Å². The summed E-state index contributed by atoms with van der Waals surface area (Å²) in [5.74, 6) is 0. The number of nitrogens with two attached hydrogens (primary N) is 1. The van der Waals surface area contributed by atoms with Gasteiger partial charge in [0.05, 0.1) is 0 Å². The summed E-state index contributed by atoms with van der Waals surface area (Å²) in [6.07, 6.45) is 7.38. The maximum absolute atomic E-state index is 11.4. The monoisotopic (exact) mass is 212 g/mol. The number of hydrogen-bond acceptors (Lipinski definition) is 3. The van der Waals surface area contributed by atoms with Crippen molar-refractivity contribution in [2.24, 2.45) is 5.73 Å². The molecule has 86 valence electrons. The van der Waals surface area contributed by atoms with Gasteiger partial charge in [-0.1, -0.05) is 19.3 Å². The van der Waals surface area contributed by atoms with E-state index >= 15 is 0 Å². The fourth-order valence-corrected chi connectivity index (χ4v) is 2.30. The van der Waals surface area contributed by atoms with Gasteiger partial charge in [0.15, 0.2) is 0 Å². The number of amides is 1. The molecular weight excluding hydrogens is 192 g/mol. The standard InChI is InChI=1S/C11H20N2O2/c12-8-6-10(7-8)15-11(14)13-9-4-2-1-3-5-9/h8-10H,1-7,12H2,(H,13,14). The van der Waals surface area contributed by atoms with E-state index < -0.39 is 0 Å². The van der Waals surface area contributed by atoms with Crippen molar-refractivity contribution in [3.05, 3.63) is 0 Å². The number of hydrogen-bond donors (Lipinski definition) is 2. The van der Waals surface area contributed by atoms with Gasteiger partial charge in [-0.15, -0.1) is 0 Å². The minimum atomic E-state index is -0.251. The second-order valence-electron chi connectivity index (χ2n) is 4.74. The molecule has 2 aliphatic rings. The minimum absolute atomic E-state index is 0.0589. The van der Waals surface area contributed by atoms with Gasteiger partial charge in [-0.25, -0.2) is 4.79 Å². The van der Waals surface area contributed by atoms with E-state index in [0.29, 0.717) is 6.04 Å². The minimum Gasteiger partial charge on any atom is -0.446 e. The van der Waals surface area contributed by atoms with Gasteiger partial charge < -0.3 is 15.8 Å². The molecule has 1 amide bonds. The average Bonchev–Trinajstić information content (AvgIpc) is 2.17. The first-order valence-corrected chi connectivity index (χ1v) is 5.97. The lowest BCUT2D eigenvalue weighted by Gasteiger charge is -2.32. The van der Waals surface area contributed by atoms with Gasteiger partial charge in [-0.05, 0) is 25.7 Å². The zero-order valence-electron chi connectivity index (χ0n) is 9.08. The van der Waals surface area contributed by atoms with Gasteiger partial charge in [0.2, 0.25) is 0 Å². The predicted octanol–water partition coefficient (Wildman–Crippen LogP) is 1.53. The molecule has 4 nitrogen and oxygen atoms in total. The quantitative estimate of drug-likeness (QED) is 0.729. The first-order valence-electron chi connectivity index (χ1n) is 5.97. The third-order valence-corrected chi connectivity index (χ3v) is 3.33. The Morgan fingerprint density at radius 1 is 1.20 bits per heavy atom. The van der Waals surface area contributed by atoms with Crippen molar-refractivity contribution >= 4 is 6.09 Å². The fraction of sp³-hybridized carbons (Fsp3) is 0.909. The van der Waals surface area contributed by atoms with Crippen molar-refractivity contribution in [1.29, 1.82) is 0 Å². The van der Waals surface area contributed by atoms with Gasteiger partial charge in [0.1, 0.15) is 6.10 Å². The van der Waals surface area contributed by atoms with Crippen LogP contribution in [0.5, 0.6) is 0 Å². The molecule has 3 N–H and O–H groups in total. The topological polar surface area (TPSA) is 64.3 Å². The Morgan fingerprint density at radius 2 is 1.87 bits per heavy atom. The average molecular weight is 212 g/mol. The molecular formula is C11H20N2O2. The summed E-state index contributed by atoms with van der Waals surface area (Å²) in [6, 6.07) is 0.567. The normalized spacial score (nSPS) is 31.8. The number of nitrogens with one attached hydrogen (secondary N) is 1. The van der Waals surface area contributed by atoms with Crippen LogP contribution in [0.4, 0.5) is 4.79 Å². The largest absolute Gasteiger partial charge is 0.446 e. The maximum atomic E-state index is 11.4.